The van der Waals surface area contributed by atoms with E-state index in [4.69, 9.17) is 0 Å². The van der Waals surface area contributed by atoms with Crippen LogP contribution < -0.4 is 5.32 Å². The van der Waals surface area contributed by atoms with Crippen molar-refractivity contribution in [1.29, 1.82) is 0 Å². The molecule has 2 saturated carbocycles. The Kier molecular flexibility index (Phi) is 3.88. The summed E-state index contributed by atoms with van der Waals surface area (Å²) in [6, 6.07) is 7.70. The van der Waals surface area contributed by atoms with Crippen LogP contribution in [0.2, 0.25) is 0 Å². The highest BCUT2D eigenvalue weighted by atomic mass is 19.1. The van der Waals surface area contributed by atoms with Gasteiger partial charge >= 0.3 is 0 Å². The number of benzene rings is 1. The maximum atomic E-state index is 13.8. The van der Waals surface area contributed by atoms with Crippen molar-refractivity contribution < 1.29 is 4.39 Å². The predicted molar refractivity (Wildman–Crippen MR) is 76.5 cm³/mol. The summed E-state index contributed by atoms with van der Waals surface area (Å²) in [4.78, 5) is 0. The van der Waals surface area contributed by atoms with Crippen molar-refractivity contribution in [1.82, 2.24) is 5.32 Å². The maximum absolute atomic E-state index is 13.8. The first kappa shape index (κ1) is 13.1. The van der Waals surface area contributed by atoms with Gasteiger partial charge in [-0.3, -0.25) is 0 Å². The van der Waals surface area contributed by atoms with Crippen molar-refractivity contribution in [2.75, 3.05) is 6.54 Å². The molecule has 19 heavy (non-hydrogen) atoms. The normalized spacial score (nSPS) is 30.1. The fourth-order valence-corrected chi connectivity index (χ4v) is 3.73. The van der Waals surface area contributed by atoms with E-state index in [1.165, 1.54) is 19.3 Å². The number of halogens is 1. The van der Waals surface area contributed by atoms with E-state index in [0.29, 0.717) is 6.04 Å². The number of hydrogen-bond acceptors (Lipinski definition) is 1. The van der Waals surface area contributed by atoms with Gasteiger partial charge in [0.1, 0.15) is 5.82 Å². The zero-order valence-corrected chi connectivity index (χ0v) is 11.7. The molecule has 0 spiro atoms. The van der Waals surface area contributed by atoms with Gasteiger partial charge in [-0.2, -0.15) is 0 Å². The van der Waals surface area contributed by atoms with Crippen molar-refractivity contribution in [3.63, 3.8) is 0 Å². The molecule has 0 aromatic heterocycles. The lowest BCUT2D eigenvalue weighted by atomic mass is 9.89. The molecule has 0 radical (unpaired) electrons. The van der Waals surface area contributed by atoms with Crippen LogP contribution in [0.25, 0.3) is 0 Å². The summed E-state index contributed by atoms with van der Waals surface area (Å²) < 4.78 is 13.8. The van der Waals surface area contributed by atoms with E-state index in [1.807, 2.05) is 12.1 Å². The standard InChI is InChI=1S/C17H24FN/c1-2-7-19-17(15-9-13-8-14(13)10-15)11-12-5-3-4-6-16(12)18/h3-6,13-15,17,19H,2,7-11H2,1H3. The Bertz CT molecular complexity index is 421. The van der Waals surface area contributed by atoms with Gasteiger partial charge in [0.2, 0.25) is 0 Å². The molecule has 1 aromatic carbocycles. The molecule has 104 valence electrons. The van der Waals surface area contributed by atoms with Crippen molar-refractivity contribution in [3.8, 4) is 0 Å². The Hall–Kier alpha value is -0.890. The van der Waals surface area contributed by atoms with Crippen LogP contribution in [0.15, 0.2) is 24.3 Å². The molecular weight excluding hydrogens is 237 g/mol. The molecule has 3 unspecified atom stereocenters. The van der Waals surface area contributed by atoms with Gasteiger partial charge in [-0.15, -0.1) is 0 Å². The van der Waals surface area contributed by atoms with Crippen LogP contribution in [-0.4, -0.2) is 12.6 Å². The molecular formula is C17H24FN. The molecule has 1 nitrogen and oxygen atoms in total. The van der Waals surface area contributed by atoms with E-state index in [9.17, 15) is 4.39 Å². The third-order valence-electron chi connectivity index (χ3n) is 4.90. The van der Waals surface area contributed by atoms with Crippen LogP contribution in [0.5, 0.6) is 0 Å². The number of fused-ring (bicyclic) bond motifs is 1. The second-order valence-corrected chi connectivity index (χ2v) is 6.34. The average molecular weight is 261 g/mol. The molecule has 0 saturated heterocycles. The lowest BCUT2D eigenvalue weighted by Crippen LogP contribution is -2.38. The van der Waals surface area contributed by atoms with Gasteiger partial charge in [-0.05, 0) is 68.0 Å². The summed E-state index contributed by atoms with van der Waals surface area (Å²) >= 11 is 0. The molecule has 0 bridgehead atoms. The first-order valence-electron chi connectivity index (χ1n) is 7.74. The van der Waals surface area contributed by atoms with Crippen molar-refractivity contribution >= 4 is 0 Å². The van der Waals surface area contributed by atoms with Crippen LogP contribution in [0.1, 0.15) is 38.2 Å². The predicted octanol–water partition coefficient (Wildman–Crippen LogP) is 3.78. The Morgan fingerprint density at radius 1 is 1.21 bits per heavy atom. The largest absolute Gasteiger partial charge is 0.313 e. The first-order valence-corrected chi connectivity index (χ1v) is 7.74. The van der Waals surface area contributed by atoms with Gasteiger partial charge in [0.25, 0.3) is 0 Å². The van der Waals surface area contributed by atoms with E-state index >= 15 is 0 Å². The van der Waals surface area contributed by atoms with E-state index in [0.717, 1.165) is 42.7 Å². The van der Waals surface area contributed by atoms with Crippen LogP contribution in [0, 0.1) is 23.6 Å². The molecule has 1 aromatic rings. The molecule has 2 aliphatic carbocycles. The summed E-state index contributed by atoms with van der Waals surface area (Å²) in [6.45, 7) is 3.24. The summed E-state index contributed by atoms with van der Waals surface area (Å²) in [5.74, 6) is 2.71. The SMILES string of the molecule is CCCNC(Cc1ccccc1F)C1CC2CC2C1. The third-order valence-corrected chi connectivity index (χ3v) is 4.90. The third kappa shape index (κ3) is 3.00. The van der Waals surface area contributed by atoms with Gasteiger partial charge in [-0.1, -0.05) is 25.1 Å². The molecule has 2 heteroatoms. The lowest BCUT2D eigenvalue weighted by molar-refractivity contribution is 0.330. The van der Waals surface area contributed by atoms with Crippen molar-refractivity contribution in [3.05, 3.63) is 35.6 Å². The summed E-state index contributed by atoms with van der Waals surface area (Å²) in [5.41, 5.74) is 0.872. The molecule has 0 aliphatic heterocycles. The van der Waals surface area contributed by atoms with Crippen LogP contribution >= 0.6 is 0 Å². The average Bonchev–Trinajstić information content (AvgIpc) is 3.03. The highest BCUT2D eigenvalue weighted by Crippen LogP contribution is 2.55. The Balaban J connectivity index is 1.66. The van der Waals surface area contributed by atoms with Crippen molar-refractivity contribution in [2.45, 2.75) is 45.1 Å². The molecule has 2 fully saturated rings. The first-order chi connectivity index (χ1) is 9.28. The highest BCUT2D eigenvalue weighted by Gasteiger charge is 2.47. The minimum Gasteiger partial charge on any atom is -0.313 e. The maximum Gasteiger partial charge on any atom is 0.126 e. The number of rotatable bonds is 6. The molecule has 1 N–H and O–H groups in total. The van der Waals surface area contributed by atoms with E-state index in [-0.39, 0.29) is 5.82 Å². The zero-order chi connectivity index (χ0) is 13.2. The second-order valence-electron chi connectivity index (χ2n) is 6.34. The van der Waals surface area contributed by atoms with E-state index < -0.39 is 0 Å². The Morgan fingerprint density at radius 3 is 2.63 bits per heavy atom. The summed E-state index contributed by atoms with van der Waals surface area (Å²) in [6.07, 6.45) is 6.17. The van der Waals surface area contributed by atoms with Gasteiger partial charge in [0.05, 0.1) is 0 Å². The van der Waals surface area contributed by atoms with Crippen LogP contribution in [-0.2, 0) is 6.42 Å². The fraction of sp³-hybridized carbons (Fsp3) is 0.647. The fourth-order valence-electron chi connectivity index (χ4n) is 3.73. The molecule has 3 rings (SSSR count). The van der Waals surface area contributed by atoms with Gasteiger partial charge in [0.15, 0.2) is 0 Å². The minimum absolute atomic E-state index is 0.0473. The van der Waals surface area contributed by atoms with Crippen LogP contribution in [0.4, 0.5) is 4.39 Å². The van der Waals surface area contributed by atoms with Gasteiger partial charge in [0, 0.05) is 6.04 Å². The van der Waals surface area contributed by atoms with Gasteiger partial charge < -0.3 is 5.32 Å². The Labute approximate surface area is 115 Å². The van der Waals surface area contributed by atoms with E-state index in [2.05, 4.69) is 12.2 Å². The zero-order valence-electron chi connectivity index (χ0n) is 11.7. The van der Waals surface area contributed by atoms with E-state index in [1.54, 1.807) is 12.1 Å². The molecule has 0 amide bonds. The molecule has 2 aliphatic rings. The van der Waals surface area contributed by atoms with Crippen molar-refractivity contribution in [2.24, 2.45) is 17.8 Å². The monoisotopic (exact) mass is 261 g/mol. The highest BCUT2D eigenvalue weighted by molar-refractivity contribution is 5.19. The number of hydrogen-bond donors (Lipinski definition) is 1. The van der Waals surface area contributed by atoms with Gasteiger partial charge in [-0.25, -0.2) is 4.39 Å². The topological polar surface area (TPSA) is 12.0 Å². The quantitative estimate of drug-likeness (QED) is 0.821. The van der Waals surface area contributed by atoms with Crippen LogP contribution in [0.3, 0.4) is 0 Å². The smallest absolute Gasteiger partial charge is 0.126 e. The molecule has 0 heterocycles. The second kappa shape index (κ2) is 5.62. The Morgan fingerprint density at radius 2 is 1.95 bits per heavy atom. The summed E-state index contributed by atoms with van der Waals surface area (Å²) in [5, 5.41) is 3.66. The number of nitrogens with one attached hydrogen (secondary N) is 1. The minimum atomic E-state index is -0.0473. The summed E-state index contributed by atoms with van der Waals surface area (Å²) in [7, 11) is 0. The molecule has 3 atom stereocenters. The lowest BCUT2D eigenvalue weighted by Gasteiger charge is -2.26.